The van der Waals surface area contributed by atoms with Crippen LogP contribution in [0.25, 0.3) is 0 Å². The van der Waals surface area contributed by atoms with E-state index in [0.29, 0.717) is 6.54 Å². The summed E-state index contributed by atoms with van der Waals surface area (Å²) >= 11 is 0. The largest absolute Gasteiger partial charge is 0.330 e. The van der Waals surface area contributed by atoms with Crippen LogP contribution in [0.4, 0.5) is 0 Å². The summed E-state index contributed by atoms with van der Waals surface area (Å²) in [7, 11) is -2.38. The van der Waals surface area contributed by atoms with Gasteiger partial charge < -0.3 is 5.73 Å². The van der Waals surface area contributed by atoms with Crippen LogP contribution >= 0.6 is 12.4 Å². The molecule has 3 N–H and O–H groups in total. The molecule has 9 heteroatoms. The molecule has 24 heavy (non-hydrogen) atoms. The van der Waals surface area contributed by atoms with Crippen molar-refractivity contribution in [2.45, 2.75) is 30.2 Å². The van der Waals surface area contributed by atoms with Gasteiger partial charge in [0.25, 0.3) is 11.8 Å². The van der Waals surface area contributed by atoms with E-state index in [0.717, 1.165) is 24.2 Å². The third kappa shape index (κ3) is 3.06. The molecule has 2 aliphatic rings. The second-order valence-corrected chi connectivity index (χ2v) is 7.75. The molecule has 0 saturated heterocycles. The standard InChI is InChI=1S/C15H19N3O4S.ClH/c1-18-14(19)11-6-5-10(7-12(11)15(18)20)23(21,22)17-13-4-2-3-9(13)8-16;/h5-7,9,13,17H,2-4,8,16H2,1H3;1H. The number of amides is 2. The molecule has 0 radical (unpaired) electrons. The Morgan fingerprint density at radius 1 is 1.21 bits per heavy atom. The van der Waals surface area contributed by atoms with Gasteiger partial charge in [0.2, 0.25) is 10.0 Å². The predicted molar refractivity (Wildman–Crippen MR) is 90.6 cm³/mol. The third-order valence-corrected chi connectivity index (χ3v) is 6.13. The Morgan fingerprint density at radius 2 is 1.88 bits per heavy atom. The first-order valence-corrected chi connectivity index (χ1v) is 9.02. The monoisotopic (exact) mass is 373 g/mol. The Morgan fingerprint density at radius 3 is 2.54 bits per heavy atom. The molecule has 132 valence electrons. The van der Waals surface area contributed by atoms with E-state index in [1.165, 1.54) is 25.2 Å². The number of hydrogen-bond acceptors (Lipinski definition) is 5. The van der Waals surface area contributed by atoms with E-state index < -0.39 is 21.8 Å². The van der Waals surface area contributed by atoms with E-state index in [1.54, 1.807) is 0 Å². The summed E-state index contributed by atoms with van der Waals surface area (Å²) < 4.78 is 27.8. The number of hydrogen-bond donors (Lipinski definition) is 2. The minimum absolute atomic E-state index is 0. The van der Waals surface area contributed by atoms with Crippen LogP contribution in [0.3, 0.4) is 0 Å². The molecule has 7 nitrogen and oxygen atoms in total. The van der Waals surface area contributed by atoms with Gasteiger partial charge in [-0.3, -0.25) is 14.5 Å². The van der Waals surface area contributed by atoms with Crippen LogP contribution in [0.5, 0.6) is 0 Å². The minimum Gasteiger partial charge on any atom is -0.330 e. The highest BCUT2D eigenvalue weighted by Gasteiger charge is 2.35. The number of nitrogens with one attached hydrogen (secondary N) is 1. The topological polar surface area (TPSA) is 110 Å². The fraction of sp³-hybridized carbons (Fsp3) is 0.467. The van der Waals surface area contributed by atoms with Gasteiger partial charge in [-0.15, -0.1) is 12.4 Å². The Bertz CT molecular complexity index is 781. The van der Waals surface area contributed by atoms with Crippen molar-refractivity contribution in [3.05, 3.63) is 29.3 Å². The zero-order valence-corrected chi connectivity index (χ0v) is 14.8. The maximum atomic E-state index is 12.6. The molecule has 0 spiro atoms. The number of benzene rings is 1. The van der Waals surface area contributed by atoms with Crippen molar-refractivity contribution in [2.75, 3.05) is 13.6 Å². The maximum absolute atomic E-state index is 12.6. The lowest BCUT2D eigenvalue weighted by Gasteiger charge is -2.19. The molecule has 1 aromatic carbocycles. The smallest absolute Gasteiger partial charge is 0.261 e. The first kappa shape index (κ1) is 18.9. The molecule has 0 bridgehead atoms. The minimum atomic E-state index is -3.75. The van der Waals surface area contributed by atoms with Crippen molar-refractivity contribution in [2.24, 2.45) is 11.7 Å². The Kier molecular flexibility index (Phi) is 5.34. The summed E-state index contributed by atoms with van der Waals surface area (Å²) in [6.07, 6.45) is 2.61. The second kappa shape index (κ2) is 6.79. The second-order valence-electron chi connectivity index (χ2n) is 6.03. The van der Waals surface area contributed by atoms with Crippen LogP contribution < -0.4 is 10.5 Å². The highest BCUT2D eigenvalue weighted by molar-refractivity contribution is 7.89. The number of sulfonamides is 1. The molecule has 2 atom stereocenters. The van der Waals surface area contributed by atoms with Crippen molar-refractivity contribution < 1.29 is 18.0 Å². The van der Waals surface area contributed by atoms with Crippen molar-refractivity contribution in [1.82, 2.24) is 9.62 Å². The highest BCUT2D eigenvalue weighted by atomic mass is 35.5. The van der Waals surface area contributed by atoms with E-state index in [2.05, 4.69) is 4.72 Å². The molecule has 0 aromatic heterocycles. The number of carbonyl (C=O) groups is 2. The number of fused-ring (bicyclic) bond motifs is 1. The van der Waals surface area contributed by atoms with E-state index in [4.69, 9.17) is 5.73 Å². The molecule has 3 rings (SSSR count). The quantitative estimate of drug-likeness (QED) is 0.756. The fourth-order valence-electron chi connectivity index (χ4n) is 3.25. The number of nitrogens with zero attached hydrogens (tertiary/aromatic N) is 1. The van der Waals surface area contributed by atoms with Gasteiger partial charge in [-0.05, 0) is 43.5 Å². The Hall–Kier alpha value is -1.48. The summed E-state index contributed by atoms with van der Waals surface area (Å²) in [5.41, 5.74) is 6.04. The first-order valence-electron chi connectivity index (χ1n) is 7.54. The van der Waals surface area contributed by atoms with Crippen molar-refractivity contribution in [3.8, 4) is 0 Å². The number of halogens is 1. The van der Waals surface area contributed by atoms with Gasteiger partial charge >= 0.3 is 0 Å². The maximum Gasteiger partial charge on any atom is 0.261 e. The molecule has 1 aliphatic carbocycles. The van der Waals surface area contributed by atoms with Gasteiger partial charge in [0, 0.05) is 13.1 Å². The van der Waals surface area contributed by atoms with Crippen LogP contribution in [-0.4, -0.2) is 44.8 Å². The molecule has 1 saturated carbocycles. The van der Waals surface area contributed by atoms with Gasteiger partial charge in [-0.2, -0.15) is 0 Å². The highest BCUT2D eigenvalue weighted by Crippen LogP contribution is 2.28. The number of carbonyl (C=O) groups excluding carboxylic acids is 2. The average Bonchev–Trinajstić information content (AvgIpc) is 3.05. The van der Waals surface area contributed by atoms with Crippen molar-refractivity contribution in [1.29, 1.82) is 0 Å². The average molecular weight is 374 g/mol. The molecule has 2 unspecified atom stereocenters. The number of imide groups is 1. The molecule has 1 heterocycles. The Labute approximate surface area is 147 Å². The molecule has 1 fully saturated rings. The van der Waals surface area contributed by atoms with E-state index in [-0.39, 0.29) is 40.4 Å². The van der Waals surface area contributed by atoms with E-state index >= 15 is 0 Å². The van der Waals surface area contributed by atoms with Crippen LogP contribution in [-0.2, 0) is 10.0 Å². The van der Waals surface area contributed by atoms with Gasteiger partial charge in [0.05, 0.1) is 16.0 Å². The molecule has 2 amide bonds. The summed E-state index contributed by atoms with van der Waals surface area (Å²) in [6.45, 7) is 0.440. The summed E-state index contributed by atoms with van der Waals surface area (Å²) in [5, 5.41) is 0. The zero-order chi connectivity index (χ0) is 16.8. The lowest BCUT2D eigenvalue weighted by Crippen LogP contribution is -2.39. The number of nitrogens with two attached hydrogens (primary N) is 1. The van der Waals surface area contributed by atoms with Crippen molar-refractivity contribution in [3.63, 3.8) is 0 Å². The van der Waals surface area contributed by atoms with Crippen molar-refractivity contribution >= 4 is 34.2 Å². The van der Waals surface area contributed by atoms with E-state index in [9.17, 15) is 18.0 Å². The van der Waals surface area contributed by atoms with Crippen LogP contribution in [0, 0.1) is 5.92 Å². The van der Waals surface area contributed by atoms with Crippen LogP contribution in [0.15, 0.2) is 23.1 Å². The molecular weight excluding hydrogens is 354 g/mol. The Balaban J connectivity index is 0.00000208. The summed E-state index contributed by atoms with van der Waals surface area (Å²) in [6, 6.07) is 3.84. The van der Waals surface area contributed by atoms with Gasteiger partial charge in [-0.1, -0.05) is 6.42 Å². The first-order chi connectivity index (χ1) is 10.8. The summed E-state index contributed by atoms with van der Waals surface area (Å²) in [5.74, 6) is -0.766. The van der Waals surface area contributed by atoms with Gasteiger partial charge in [0.1, 0.15) is 0 Å². The summed E-state index contributed by atoms with van der Waals surface area (Å²) in [4.78, 5) is 24.8. The normalized spacial score (nSPS) is 23.3. The fourth-order valence-corrected chi connectivity index (χ4v) is 4.61. The van der Waals surface area contributed by atoms with Gasteiger partial charge in [0.15, 0.2) is 0 Å². The third-order valence-electron chi connectivity index (χ3n) is 4.64. The van der Waals surface area contributed by atoms with Gasteiger partial charge in [-0.25, -0.2) is 13.1 Å². The lowest BCUT2D eigenvalue weighted by atomic mass is 10.1. The molecule has 1 aromatic rings. The van der Waals surface area contributed by atoms with E-state index in [1.807, 2.05) is 0 Å². The number of rotatable bonds is 4. The predicted octanol–water partition coefficient (Wildman–Crippen LogP) is 0.740. The SMILES string of the molecule is CN1C(=O)c2ccc(S(=O)(=O)NC3CCCC3CN)cc2C1=O.Cl. The van der Waals surface area contributed by atoms with Crippen LogP contribution in [0.1, 0.15) is 40.0 Å². The zero-order valence-electron chi connectivity index (χ0n) is 13.2. The molecule has 1 aliphatic heterocycles. The lowest BCUT2D eigenvalue weighted by molar-refractivity contribution is 0.0693. The molecular formula is C15H20ClN3O4S. The van der Waals surface area contributed by atoms with Crippen LogP contribution in [0.2, 0.25) is 0 Å².